The van der Waals surface area contributed by atoms with Gasteiger partial charge in [0, 0.05) is 40.1 Å². The van der Waals surface area contributed by atoms with Crippen molar-refractivity contribution in [1.82, 2.24) is 15.0 Å². The highest BCUT2D eigenvalue weighted by atomic mass is 14.9. The number of benzene rings is 8. The van der Waals surface area contributed by atoms with Crippen LogP contribution in [0.25, 0.3) is 100.0 Å². The van der Waals surface area contributed by atoms with Gasteiger partial charge < -0.3 is 0 Å². The van der Waals surface area contributed by atoms with E-state index in [1.807, 2.05) is 18.3 Å². The Morgan fingerprint density at radius 1 is 0.373 bits per heavy atom. The largest absolute Gasteiger partial charge is 0.264 e. The number of rotatable bonds is 6. The molecule has 1 aliphatic rings. The fourth-order valence-electron chi connectivity index (χ4n) is 9.27. The molecule has 8 aromatic carbocycles. The zero-order valence-corrected chi connectivity index (χ0v) is 32.9. The van der Waals surface area contributed by atoms with Gasteiger partial charge in [0.25, 0.3) is 0 Å². The van der Waals surface area contributed by atoms with Crippen LogP contribution in [0.3, 0.4) is 0 Å². The third kappa shape index (κ3) is 5.94. The van der Waals surface area contributed by atoms with Gasteiger partial charge in [0.05, 0.1) is 11.4 Å². The Kier molecular flexibility index (Phi) is 8.16. The lowest BCUT2D eigenvalue weighted by molar-refractivity contribution is 0.663. The van der Waals surface area contributed by atoms with E-state index in [1.165, 1.54) is 55.3 Å². The monoisotopic (exact) mass is 753 g/mol. The molecule has 10 aromatic rings. The number of aromatic nitrogens is 3. The second kappa shape index (κ2) is 13.9. The predicted octanol–water partition coefficient (Wildman–Crippen LogP) is 14.5. The summed E-state index contributed by atoms with van der Waals surface area (Å²) < 4.78 is 0. The molecule has 0 N–H and O–H groups in total. The first-order chi connectivity index (χ1) is 29.0. The Bertz CT molecular complexity index is 3240. The zero-order valence-electron chi connectivity index (χ0n) is 32.9. The molecule has 0 saturated carbocycles. The van der Waals surface area contributed by atoms with Crippen LogP contribution < -0.4 is 0 Å². The van der Waals surface area contributed by atoms with Gasteiger partial charge in [0.1, 0.15) is 0 Å². The summed E-state index contributed by atoms with van der Waals surface area (Å²) in [6, 6.07) is 67.6. The standard InChI is InChI=1S/C56H39N3/c1-56(2)51-33-39-17-7-6-16-38(39)32-50(51)48-26-12-25-45(54(48)56)41-20-11-19-40(31-41)44-27-28-49(47-24-9-8-23-46(44)47)55-58-52(36-14-4-3-5-15-36)34-53(59-55)42-21-10-18-37(30-42)43-22-13-29-57-35-43/h3-35H,1-2H3. The van der Waals surface area contributed by atoms with Crippen molar-refractivity contribution in [2.24, 2.45) is 0 Å². The molecule has 2 heterocycles. The highest BCUT2D eigenvalue weighted by molar-refractivity contribution is 6.05. The van der Waals surface area contributed by atoms with Crippen molar-refractivity contribution < 1.29 is 0 Å². The van der Waals surface area contributed by atoms with E-state index in [9.17, 15) is 0 Å². The fourth-order valence-corrected chi connectivity index (χ4v) is 9.27. The summed E-state index contributed by atoms with van der Waals surface area (Å²) in [6.45, 7) is 4.76. The summed E-state index contributed by atoms with van der Waals surface area (Å²) in [5, 5.41) is 4.84. The Balaban J connectivity index is 1.03. The normalized spacial score (nSPS) is 12.7. The van der Waals surface area contributed by atoms with E-state index in [0.717, 1.165) is 50.0 Å². The van der Waals surface area contributed by atoms with Crippen LogP contribution in [0.5, 0.6) is 0 Å². The number of fused-ring (bicyclic) bond motifs is 5. The summed E-state index contributed by atoms with van der Waals surface area (Å²) in [6.07, 6.45) is 3.70. The minimum atomic E-state index is -0.150. The van der Waals surface area contributed by atoms with Crippen LogP contribution in [0, 0.1) is 0 Å². The number of pyridine rings is 1. The number of nitrogens with zero attached hydrogens (tertiary/aromatic N) is 3. The first-order valence-electron chi connectivity index (χ1n) is 20.2. The second-order valence-electron chi connectivity index (χ2n) is 16.0. The van der Waals surface area contributed by atoms with Crippen molar-refractivity contribution in [3.63, 3.8) is 0 Å². The smallest absolute Gasteiger partial charge is 0.161 e. The second-order valence-corrected chi connectivity index (χ2v) is 16.0. The van der Waals surface area contributed by atoms with Gasteiger partial charge in [-0.15, -0.1) is 0 Å². The Hall–Kier alpha value is -7.49. The van der Waals surface area contributed by atoms with Crippen LogP contribution in [0.15, 0.2) is 200 Å². The molecule has 11 rings (SSSR count). The molecule has 278 valence electrons. The summed E-state index contributed by atoms with van der Waals surface area (Å²) >= 11 is 0. The van der Waals surface area contributed by atoms with Gasteiger partial charge in [-0.3, -0.25) is 4.98 Å². The molecule has 0 radical (unpaired) electrons. The molecule has 59 heavy (non-hydrogen) atoms. The van der Waals surface area contributed by atoms with Gasteiger partial charge in [-0.2, -0.15) is 0 Å². The molecule has 1 aliphatic carbocycles. The van der Waals surface area contributed by atoms with Gasteiger partial charge in [-0.25, -0.2) is 9.97 Å². The molecule has 0 atom stereocenters. The Morgan fingerprint density at radius 2 is 0.949 bits per heavy atom. The molecule has 0 saturated heterocycles. The van der Waals surface area contributed by atoms with E-state index >= 15 is 0 Å². The maximum atomic E-state index is 5.30. The minimum absolute atomic E-state index is 0.150. The summed E-state index contributed by atoms with van der Waals surface area (Å²) in [5.74, 6) is 0.693. The van der Waals surface area contributed by atoms with E-state index < -0.39 is 0 Å². The molecule has 0 unspecified atom stereocenters. The van der Waals surface area contributed by atoms with Crippen LogP contribution in [0.4, 0.5) is 0 Å². The highest BCUT2D eigenvalue weighted by Crippen LogP contribution is 2.53. The van der Waals surface area contributed by atoms with E-state index in [0.29, 0.717) is 5.82 Å². The summed E-state index contributed by atoms with van der Waals surface area (Å²) in [5.41, 5.74) is 17.1. The molecular formula is C56H39N3. The molecular weight excluding hydrogens is 715 g/mol. The average Bonchev–Trinajstić information content (AvgIpc) is 3.53. The van der Waals surface area contributed by atoms with Crippen LogP contribution in [-0.2, 0) is 5.41 Å². The SMILES string of the molecule is CC1(C)c2cc3ccccc3cc2-c2cccc(-c3cccc(-c4ccc(-c5nc(-c6ccccc6)cc(-c6cccc(-c7cccnc7)c6)n5)c5ccccc45)c3)c21. The van der Waals surface area contributed by atoms with Crippen LogP contribution >= 0.6 is 0 Å². The van der Waals surface area contributed by atoms with Crippen molar-refractivity contribution in [2.75, 3.05) is 0 Å². The highest BCUT2D eigenvalue weighted by Gasteiger charge is 2.37. The quantitative estimate of drug-likeness (QED) is 0.170. The van der Waals surface area contributed by atoms with E-state index in [4.69, 9.17) is 9.97 Å². The van der Waals surface area contributed by atoms with Crippen LogP contribution in [-0.4, -0.2) is 15.0 Å². The van der Waals surface area contributed by atoms with Crippen molar-refractivity contribution in [3.05, 3.63) is 212 Å². The lowest BCUT2D eigenvalue weighted by Crippen LogP contribution is -2.16. The third-order valence-corrected chi connectivity index (χ3v) is 12.1. The van der Waals surface area contributed by atoms with E-state index in [-0.39, 0.29) is 5.41 Å². The Labute approximate surface area is 344 Å². The average molecular weight is 754 g/mol. The van der Waals surface area contributed by atoms with Crippen LogP contribution in [0.2, 0.25) is 0 Å². The fraction of sp³-hybridized carbons (Fsp3) is 0.0536. The first-order valence-corrected chi connectivity index (χ1v) is 20.2. The molecule has 2 aromatic heterocycles. The van der Waals surface area contributed by atoms with Crippen molar-refractivity contribution in [2.45, 2.75) is 19.3 Å². The van der Waals surface area contributed by atoms with Gasteiger partial charge in [-0.1, -0.05) is 159 Å². The zero-order chi connectivity index (χ0) is 39.5. The number of hydrogen-bond donors (Lipinski definition) is 0. The van der Waals surface area contributed by atoms with Gasteiger partial charge in [0.2, 0.25) is 0 Å². The summed E-state index contributed by atoms with van der Waals surface area (Å²) in [4.78, 5) is 14.9. The number of hydrogen-bond acceptors (Lipinski definition) is 3. The van der Waals surface area contributed by atoms with Crippen molar-refractivity contribution >= 4 is 21.5 Å². The molecule has 0 aliphatic heterocycles. The summed E-state index contributed by atoms with van der Waals surface area (Å²) in [7, 11) is 0. The maximum absolute atomic E-state index is 5.30. The maximum Gasteiger partial charge on any atom is 0.161 e. The molecule has 0 amide bonds. The van der Waals surface area contributed by atoms with Gasteiger partial charge in [-0.05, 0) is 114 Å². The molecule has 0 bridgehead atoms. The molecule has 0 fully saturated rings. The molecule has 3 nitrogen and oxygen atoms in total. The van der Waals surface area contributed by atoms with Gasteiger partial charge >= 0.3 is 0 Å². The van der Waals surface area contributed by atoms with Crippen LogP contribution in [0.1, 0.15) is 25.0 Å². The van der Waals surface area contributed by atoms with E-state index in [2.05, 4.69) is 195 Å². The lowest BCUT2D eigenvalue weighted by Gasteiger charge is -2.25. The predicted molar refractivity (Wildman–Crippen MR) is 245 cm³/mol. The lowest BCUT2D eigenvalue weighted by atomic mass is 9.78. The molecule has 3 heteroatoms. The van der Waals surface area contributed by atoms with E-state index in [1.54, 1.807) is 6.20 Å². The third-order valence-electron chi connectivity index (χ3n) is 12.1. The minimum Gasteiger partial charge on any atom is -0.264 e. The molecule has 0 spiro atoms. The topological polar surface area (TPSA) is 38.7 Å². The first kappa shape index (κ1) is 34.7. The van der Waals surface area contributed by atoms with Crippen molar-refractivity contribution in [1.29, 1.82) is 0 Å². The Morgan fingerprint density at radius 3 is 1.73 bits per heavy atom. The van der Waals surface area contributed by atoms with Gasteiger partial charge in [0.15, 0.2) is 5.82 Å². The van der Waals surface area contributed by atoms with Crippen molar-refractivity contribution in [3.8, 4) is 78.4 Å².